The van der Waals surface area contributed by atoms with Crippen molar-refractivity contribution >= 4 is 38.4 Å². The minimum atomic E-state index is -2.36. The van der Waals surface area contributed by atoms with Gasteiger partial charge >= 0.3 is 5.97 Å². The molecule has 1 saturated heterocycles. The summed E-state index contributed by atoms with van der Waals surface area (Å²) in [6.45, 7) is -0.865. The number of aromatic nitrogens is 1. The zero-order valence-electron chi connectivity index (χ0n) is 19.7. The van der Waals surface area contributed by atoms with Crippen molar-refractivity contribution in [2.24, 2.45) is 0 Å². The molecule has 4 aromatic carbocycles. The largest absolute Gasteiger partial charge is 0.422 e. The zero-order chi connectivity index (χ0) is 25.6. The van der Waals surface area contributed by atoms with Crippen molar-refractivity contribution in [3.63, 3.8) is 0 Å². The summed E-state index contributed by atoms with van der Waals surface area (Å²) >= 11 is 0. The van der Waals surface area contributed by atoms with Crippen LogP contribution in [0.1, 0.15) is 5.56 Å². The van der Waals surface area contributed by atoms with Crippen molar-refractivity contribution in [1.29, 1.82) is 0 Å². The number of aromatic amines is 1. The smallest absolute Gasteiger partial charge is 0.343 e. The van der Waals surface area contributed by atoms with Crippen LogP contribution in [0, 0.1) is 0 Å². The zero-order valence-corrected chi connectivity index (χ0v) is 19.7. The number of fused-ring (bicyclic) bond motifs is 4. The molecular formula is C29H25NO7. The Hall–Kier alpha value is -3.79. The van der Waals surface area contributed by atoms with Crippen molar-refractivity contribution < 1.29 is 34.3 Å². The summed E-state index contributed by atoms with van der Waals surface area (Å²) in [5, 5.41) is 35.6. The van der Waals surface area contributed by atoms with E-state index in [4.69, 9.17) is 14.2 Å². The standard InChI is InChI=1S/C29H25NO7/c31-16-29(34)27(32)25(35-15-17-6-2-1-3-7-17)26(37-29)28(33)36-23-14-30-22-11-10-20-12-18-8-4-5-9-19(18)13-21(20)24(22)23/h1-14,25-27,30-32,34H,15-16H2. The van der Waals surface area contributed by atoms with E-state index in [9.17, 15) is 20.1 Å². The van der Waals surface area contributed by atoms with Crippen LogP contribution in [0.5, 0.6) is 5.75 Å². The highest BCUT2D eigenvalue weighted by Gasteiger charge is 2.57. The van der Waals surface area contributed by atoms with Gasteiger partial charge in [0.1, 0.15) is 12.2 Å². The number of benzene rings is 4. The fourth-order valence-electron chi connectivity index (χ4n) is 4.90. The maximum atomic E-state index is 13.3. The Kier molecular flexibility index (Phi) is 5.91. The van der Waals surface area contributed by atoms with E-state index in [-0.39, 0.29) is 12.4 Å². The molecule has 5 aromatic rings. The second-order valence-corrected chi connectivity index (χ2v) is 9.23. The van der Waals surface area contributed by atoms with Crippen LogP contribution in [0.4, 0.5) is 0 Å². The molecule has 0 aliphatic carbocycles. The quantitative estimate of drug-likeness (QED) is 0.209. The molecule has 4 atom stereocenters. The summed E-state index contributed by atoms with van der Waals surface area (Å²) in [6.07, 6.45) is -2.83. The highest BCUT2D eigenvalue weighted by Crippen LogP contribution is 2.37. The maximum Gasteiger partial charge on any atom is 0.343 e. The fourth-order valence-corrected chi connectivity index (χ4v) is 4.90. The molecule has 37 heavy (non-hydrogen) atoms. The number of carbonyl (C=O) groups is 1. The van der Waals surface area contributed by atoms with Gasteiger partial charge in [-0.2, -0.15) is 0 Å². The third-order valence-electron chi connectivity index (χ3n) is 6.85. The summed E-state index contributed by atoms with van der Waals surface area (Å²) in [7, 11) is 0. The first-order chi connectivity index (χ1) is 18.0. The number of carbonyl (C=O) groups excluding carboxylic acids is 1. The van der Waals surface area contributed by atoms with Gasteiger partial charge in [-0.3, -0.25) is 0 Å². The molecule has 0 bridgehead atoms. The normalized spacial score (nSPS) is 23.7. The first-order valence-corrected chi connectivity index (χ1v) is 12.0. The van der Waals surface area contributed by atoms with Crippen LogP contribution in [-0.4, -0.2) is 57.0 Å². The second kappa shape index (κ2) is 9.26. The predicted molar refractivity (Wildman–Crippen MR) is 137 cm³/mol. The van der Waals surface area contributed by atoms with Gasteiger partial charge in [-0.15, -0.1) is 0 Å². The lowest BCUT2D eigenvalue weighted by atomic mass is 10.0. The Morgan fingerprint density at radius 1 is 0.973 bits per heavy atom. The molecule has 0 spiro atoms. The average Bonchev–Trinajstić information content (AvgIpc) is 3.45. The summed E-state index contributed by atoms with van der Waals surface area (Å²) in [4.78, 5) is 16.5. The van der Waals surface area contributed by atoms with Gasteiger partial charge in [0.25, 0.3) is 0 Å². The third-order valence-corrected chi connectivity index (χ3v) is 6.85. The number of esters is 1. The molecule has 2 heterocycles. The highest BCUT2D eigenvalue weighted by atomic mass is 16.7. The van der Waals surface area contributed by atoms with Crippen molar-refractivity contribution in [3.05, 3.63) is 90.6 Å². The van der Waals surface area contributed by atoms with E-state index in [2.05, 4.69) is 11.1 Å². The van der Waals surface area contributed by atoms with E-state index in [1.165, 1.54) is 0 Å². The van der Waals surface area contributed by atoms with Gasteiger partial charge in [-0.1, -0.05) is 60.7 Å². The number of aliphatic hydroxyl groups is 3. The molecule has 8 nitrogen and oxygen atoms in total. The molecular weight excluding hydrogens is 474 g/mol. The number of hydrogen-bond donors (Lipinski definition) is 4. The average molecular weight is 500 g/mol. The van der Waals surface area contributed by atoms with E-state index in [0.29, 0.717) is 5.39 Å². The SMILES string of the molecule is O=C(Oc1c[nH]c2ccc3cc4ccccc4cc3c12)C1OC(O)(CO)C(O)C1OCc1ccccc1. The number of nitrogens with one attached hydrogen (secondary N) is 1. The van der Waals surface area contributed by atoms with Gasteiger partial charge in [0, 0.05) is 11.7 Å². The van der Waals surface area contributed by atoms with Crippen molar-refractivity contribution in [2.75, 3.05) is 6.61 Å². The molecule has 4 unspecified atom stereocenters. The first kappa shape index (κ1) is 23.6. The predicted octanol–water partition coefficient (Wildman–Crippen LogP) is 3.41. The van der Waals surface area contributed by atoms with Crippen LogP contribution in [0.2, 0.25) is 0 Å². The van der Waals surface area contributed by atoms with Crippen LogP contribution >= 0.6 is 0 Å². The lowest BCUT2D eigenvalue weighted by Gasteiger charge is -2.23. The van der Waals surface area contributed by atoms with Gasteiger partial charge in [-0.25, -0.2) is 4.79 Å². The Morgan fingerprint density at radius 2 is 1.70 bits per heavy atom. The summed E-state index contributed by atoms with van der Waals surface area (Å²) in [5.74, 6) is -2.95. The Labute approximate surface area is 211 Å². The number of H-pyrrole nitrogens is 1. The van der Waals surface area contributed by atoms with E-state index >= 15 is 0 Å². The maximum absolute atomic E-state index is 13.3. The van der Waals surface area contributed by atoms with E-state index in [0.717, 1.165) is 32.6 Å². The van der Waals surface area contributed by atoms with Crippen LogP contribution in [0.15, 0.2) is 85.1 Å². The summed E-state index contributed by atoms with van der Waals surface area (Å²) < 4.78 is 17.0. The number of rotatable bonds is 6. The van der Waals surface area contributed by atoms with Crippen molar-refractivity contribution in [3.8, 4) is 5.75 Å². The van der Waals surface area contributed by atoms with Crippen LogP contribution in [0.25, 0.3) is 32.4 Å². The van der Waals surface area contributed by atoms with Gasteiger partial charge in [0.2, 0.25) is 5.79 Å². The molecule has 1 aliphatic rings. The number of aliphatic hydroxyl groups excluding tert-OH is 2. The van der Waals surface area contributed by atoms with Crippen molar-refractivity contribution in [2.45, 2.75) is 30.7 Å². The molecule has 4 N–H and O–H groups in total. The Balaban J connectivity index is 1.33. The molecule has 6 rings (SSSR count). The third kappa shape index (κ3) is 4.15. The van der Waals surface area contributed by atoms with Crippen LogP contribution < -0.4 is 4.74 Å². The second-order valence-electron chi connectivity index (χ2n) is 9.23. The lowest BCUT2D eigenvalue weighted by Crippen LogP contribution is -2.46. The van der Waals surface area contributed by atoms with Gasteiger partial charge < -0.3 is 34.5 Å². The van der Waals surface area contributed by atoms with E-state index in [1.807, 2.05) is 72.8 Å². The monoisotopic (exact) mass is 499 g/mol. The van der Waals surface area contributed by atoms with Crippen LogP contribution in [0.3, 0.4) is 0 Å². The Bertz CT molecular complexity index is 1600. The summed E-state index contributed by atoms with van der Waals surface area (Å²) in [5.41, 5.74) is 1.58. The van der Waals surface area contributed by atoms with E-state index < -0.39 is 36.7 Å². The molecule has 0 saturated carbocycles. The molecule has 0 radical (unpaired) electrons. The molecule has 0 amide bonds. The molecule has 1 fully saturated rings. The molecule has 1 aromatic heterocycles. The van der Waals surface area contributed by atoms with Gasteiger partial charge in [-0.05, 0) is 45.3 Å². The minimum Gasteiger partial charge on any atom is -0.422 e. The number of ether oxygens (including phenoxy) is 3. The number of hydrogen-bond acceptors (Lipinski definition) is 7. The molecule has 1 aliphatic heterocycles. The van der Waals surface area contributed by atoms with Crippen molar-refractivity contribution in [1.82, 2.24) is 4.98 Å². The molecule has 8 heteroatoms. The van der Waals surface area contributed by atoms with E-state index in [1.54, 1.807) is 6.20 Å². The first-order valence-electron chi connectivity index (χ1n) is 12.0. The van der Waals surface area contributed by atoms with Gasteiger partial charge in [0.05, 0.1) is 18.6 Å². The molecule has 188 valence electrons. The lowest BCUT2D eigenvalue weighted by molar-refractivity contribution is -0.246. The van der Waals surface area contributed by atoms with Crippen LogP contribution in [-0.2, 0) is 20.9 Å². The van der Waals surface area contributed by atoms with Gasteiger partial charge in [0.15, 0.2) is 11.9 Å². The Morgan fingerprint density at radius 3 is 2.46 bits per heavy atom. The topological polar surface area (TPSA) is 121 Å². The summed E-state index contributed by atoms with van der Waals surface area (Å²) in [6, 6.07) is 25.2. The fraction of sp³-hybridized carbons (Fsp3) is 0.207. The highest BCUT2D eigenvalue weighted by molar-refractivity contribution is 6.14. The minimum absolute atomic E-state index is 0.0576.